The molecule has 4 nitrogen and oxygen atoms in total. The lowest BCUT2D eigenvalue weighted by molar-refractivity contribution is 0.0702. The summed E-state index contributed by atoms with van der Waals surface area (Å²) < 4.78 is 5.25. The second-order valence-corrected chi connectivity index (χ2v) is 5.23. The van der Waals surface area contributed by atoms with Crippen LogP contribution >= 0.6 is 0 Å². The number of carbonyl (C=O) groups is 1. The van der Waals surface area contributed by atoms with Crippen LogP contribution in [0.25, 0.3) is 0 Å². The first-order chi connectivity index (χ1) is 11.1. The van der Waals surface area contributed by atoms with Crippen molar-refractivity contribution in [2.24, 2.45) is 0 Å². The molecular formula is C19H20N2O2. The van der Waals surface area contributed by atoms with Gasteiger partial charge in [-0.1, -0.05) is 12.1 Å². The van der Waals surface area contributed by atoms with Gasteiger partial charge in [-0.05, 0) is 55.8 Å². The van der Waals surface area contributed by atoms with Crippen molar-refractivity contribution < 1.29 is 9.53 Å². The van der Waals surface area contributed by atoms with Gasteiger partial charge in [0.25, 0.3) is 5.91 Å². The molecule has 0 aliphatic rings. The number of amides is 1. The van der Waals surface area contributed by atoms with Gasteiger partial charge in [0.05, 0.1) is 24.8 Å². The Morgan fingerprint density at radius 3 is 2.52 bits per heavy atom. The summed E-state index contributed by atoms with van der Waals surface area (Å²) in [4.78, 5) is 14.6. The summed E-state index contributed by atoms with van der Waals surface area (Å²) in [6, 6.07) is 16.4. The van der Waals surface area contributed by atoms with E-state index in [-0.39, 0.29) is 11.9 Å². The van der Waals surface area contributed by atoms with Gasteiger partial charge in [0.15, 0.2) is 0 Å². The van der Waals surface area contributed by atoms with Crippen molar-refractivity contribution in [1.29, 1.82) is 5.26 Å². The molecule has 2 rings (SSSR count). The van der Waals surface area contributed by atoms with E-state index >= 15 is 0 Å². The van der Waals surface area contributed by atoms with Gasteiger partial charge in [-0.2, -0.15) is 5.26 Å². The lowest BCUT2D eigenvalue weighted by Gasteiger charge is -2.28. The first-order valence-corrected chi connectivity index (χ1v) is 7.55. The normalized spacial score (nSPS) is 11.4. The first kappa shape index (κ1) is 16.6. The van der Waals surface area contributed by atoms with Crippen LogP contribution in [-0.4, -0.2) is 24.5 Å². The van der Waals surface area contributed by atoms with Crippen molar-refractivity contribution in [2.45, 2.75) is 19.9 Å². The van der Waals surface area contributed by atoms with Gasteiger partial charge in [0.2, 0.25) is 0 Å². The van der Waals surface area contributed by atoms with Gasteiger partial charge in [-0.25, -0.2) is 0 Å². The number of nitrogens with zero attached hydrogens (tertiary/aromatic N) is 2. The third-order valence-electron chi connectivity index (χ3n) is 3.91. The van der Waals surface area contributed by atoms with Gasteiger partial charge in [-0.15, -0.1) is 0 Å². The summed E-state index contributed by atoms with van der Waals surface area (Å²) in [5.74, 6) is 0.725. The predicted molar refractivity (Wildman–Crippen MR) is 89.3 cm³/mol. The van der Waals surface area contributed by atoms with E-state index in [9.17, 15) is 4.79 Å². The maximum Gasteiger partial charge on any atom is 0.254 e. The molecule has 23 heavy (non-hydrogen) atoms. The molecule has 0 radical (unpaired) electrons. The van der Waals surface area contributed by atoms with Crippen molar-refractivity contribution in [2.75, 3.05) is 13.7 Å². The number of nitriles is 1. The Kier molecular flexibility index (Phi) is 5.37. The Bertz CT molecular complexity index is 717. The number of rotatable bonds is 5. The van der Waals surface area contributed by atoms with Crippen LogP contribution in [0.3, 0.4) is 0 Å². The van der Waals surface area contributed by atoms with E-state index in [1.807, 2.05) is 38.1 Å². The third kappa shape index (κ3) is 3.70. The second kappa shape index (κ2) is 7.46. The van der Waals surface area contributed by atoms with Crippen molar-refractivity contribution in [3.8, 4) is 11.8 Å². The molecular weight excluding hydrogens is 288 g/mol. The minimum absolute atomic E-state index is 0.0488. The zero-order valence-electron chi connectivity index (χ0n) is 13.6. The number of hydrogen-bond donors (Lipinski definition) is 0. The number of ether oxygens (including phenoxy) is 1. The largest absolute Gasteiger partial charge is 0.497 e. The zero-order valence-corrected chi connectivity index (χ0v) is 13.6. The maximum absolute atomic E-state index is 12.8. The van der Waals surface area contributed by atoms with Crippen molar-refractivity contribution in [1.82, 2.24) is 4.90 Å². The molecule has 0 N–H and O–H groups in total. The molecule has 0 fully saturated rings. The molecule has 0 saturated carbocycles. The third-order valence-corrected chi connectivity index (χ3v) is 3.91. The van der Waals surface area contributed by atoms with Gasteiger partial charge in [0.1, 0.15) is 5.75 Å². The van der Waals surface area contributed by atoms with E-state index in [4.69, 9.17) is 10.00 Å². The van der Waals surface area contributed by atoms with Crippen LogP contribution in [-0.2, 0) is 0 Å². The van der Waals surface area contributed by atoms with Gasteiger partial charge in [0, 0.05) is 12.1 Å². The summed E-state index contributed by atoms with van der Waals surface area (Å²) in [5, 5.41) is 8.85. The fourth-order valence-electron chi connectivity index (χ4n) is 2.53. The number of benzene rings is 2. The summed E-state index contributed by atoms with van der Waals surface area (Å²) in [6.45, 7) is 4.55. The summed E-state index contributed by atoms with van der Waals surface area (Å²) in [7, 11) is 1.63. The molecule has 4 heteroatoms. The molecule has 0 bridgehead atoms. The van der Waals surface area contributed by atoms with E-state index in [0.29, 0.717) is 17.7 Å². The highest BCUT2D eigenvalue weighted by Gasteiger charge is 2.21. The van der Waals surface area contributed by atoms with E-state index in [1.54, 1.807) is 36.3 Å². The van der Waals surface area contributed by atoms with E-state index < -0.39 is 0 Å². The van der Waals surface area contributed by atoms with Crippen LogP contribution in [0.2, 0.25) is 0 Å². The molecule has 0 aliphatic carbocycles. The standard InChI is InChI=1S/C19H20N2O2/c1-4-21(14(2)17-6-5-7-18(12-17)23-3)19(22)16-10-8-15(13-20)9-11-16/h5-12,14H,4H2,1-3H3. The SMILES string of the molecule is CCN(C(=O)c1ccc(C#N)cc1)C(C)c1cccc(OC)c1. The summed E-state index contributed by atoms with van der Waals surface area (Å²) in [6.07, 6.45) is 0. The lowest BCUT2D eigenvalue weighted by atomic mass is 10.0. The smallest absolute Gasteiger partial charge is 0.254 e. The number of carbonyl (C=O) groups excluding carboxylic acids is 1. The van der Waals surface area contributed by atoms with Crippen molar-refractivity contribution >= 4 is 5.91 Å². The maximum atomic E-state index is 12.8. The monoisotopic (exact) mass is 308 g/mol. The van der Waals surface area contributed by atoms with Crippen molar-refractivity contribution in [3.05, 3.63) is 65.2 Å². The Morgan fingerprint density at radius 2 is 1.96 bits per heavy atom. The minimum Gasteiger partial charge on any atom is -0.497 e. The molecule has 0 heterocycles. The van der Waals surface area contributed by atoms with E-state index in [0.717, 1.165) is 11.3 Å². The Balaban J connectivity index is 2.26. The zero-order chi connectivity index (χ0) is 16.8. The lowest BCUT2D eigenvalue weighted by Crippen LogP contribution is -2.33. The van der Waals surface area contributed by atoms with Gasteiger partial charge < -0.3 is 9.64 Å². The Morgan fingerprint density at radius 1 is 1.26 bits per heavy atom. The molecule has 118 valence electrons. The second-order valence-electron chi connectivity index (χ2n) is 5.23. The molecule has 0 aromatic heterocycles. The summed E-state index contributed by atoms with van der Waals surface area (Å²) in [5.41, 5.74) is 2.15. The Hall–Kier alpha value is -2.80. The van der Waals surface area contributed by atoms with Crippen LogP contribution in [0.5, 0.6) is 5.75 Å². The van der Waals surface area contributed by atoms with Gasteiger partial charge >= 0.3 is 0 Å². The topological polar surface area (TPSA) is 53.3 Å². The molecule has 0 aliphatic heterocycles. The van der Waals surface area contributed by atoms with Crippen LogP contribution in [0, 0.1) is 11.3 Å². The van der Waals surface area contributed by atoms with Gasteiger partial charge in [-0.3, -0.25) is 4.79 Å². The quantitative estimate of drug-likeness (QED) is 0.844. The van der Waals surface area contributed by atoms with E-state index in [1.165, 1.54) is 0 Å². The van der Waals surface area contributed by atoms with Crippen LogP contribution in [0.1, 0.15) is 41.4 Å². The van der Waals surface area contributed by atoms with Crippen LogP contribution < -0.4 is 4.74 Å². The fourth-order valence-corrected chi connectivity index (χ4v) is 2.53. The minimum atomic E-state index is -0.0711. The average Bonchev–Trinajstić information content (AvgIpc) is 2.62. The molecule has 0 saturated heterocycles. The summed E-state index contributed by atoms with van der Waals surface area (Å²) >= 11 is 0. The number of hydrogen-bond acceptors (Lipinski definition) is 3. The highest BCUT2D eigenvalue weighted by molar-refractivity contribution is 5.94. The molecule has 1 amide bonds. The fraction of sp³-hybridized carbons (Fsp3) is 0.263. The van der Waals surface area contributed by atoms with Crippen LogP contribution in [0.4, 0.5) is 0 Å². The molecule has 2 aromatic rings. The molecule has 0 spiro atoms. The van der Waals surface area contributed by atoms with Crippen molar-refractivity contribution in [3.63, 3.8) is 0 Å². The number of methoxy groups -OCH3 is 1. The molecule has 1 unspecified atom stereocenters. The predicted octanol–water partition coefficient (Wildman–Crippen LogP) is 3.79. The Labute approximate surface area is 136 Å². The highest BCUT2D eigenvalue weighted by atomic mass is 16.5. The average molecular weight is 308 g/mol. The first-order valence-electron chi connectivity index (χ1n) is 7.55. The molecule has 1 atom stereocenters. The molecule has 2 aromatic carbocycles. The van der Waals surface area contributed by atoms with E-state index in [2.05, 4.69) is 6.07 Å². The van der Waals surface area contributed by atoms with Crippen LogP contribution in [0.15, 0.2) is 48.5 Å². The highest BCUT2D eigenvalue weighted by Crippen LogP contribution is 2.25.